The van der Waals surface area contributed by atoms with Gasteiger partial charge < -0.3 is 8.98 Å². The highest BCUT2D eigenvalue weighted by Gasteiger charge is 2.21. The van der Waals surface area contributed by atoms with Gasteiger partial charge >= 0.3 is 0 Å². The molecule has 0 atom stereocenters. The predicted molar refractivity (Wildman–Crippen MR) is 231 cm³/mol. The van der Waals surface area contributed by atoms with Crippen molar-refractivity contribution >= 4 is 91.7 Å². The van der Waals surface area contributed by atoms with Crippen molar-refractivity contribution in [1.82, 2.24) is 14.5 Å². The molecule has 258 valence electrons. The second-order valence-electron chi connectivity index (χ2n) is 14.4. The third kappa shape index (κ3) is 4.70. The molecule has 7 aromatic carbocycles. The van der Waals surface area contributed by atoms with Crippen molar-refractivity contribution in [3.63, 3.8) is 0 Å². The Kier molecular flexibility index (Phi) is 6.59. The van der Waals surface area contributed by atoms with E-state index in [4.69, 9.17) is 14.4 Å². The van der Waals surface area contributed by atoms with Crippen molar-refractivity contribution in [2.45, 2.75) is 12.8 Å². The molecular weight excluding hydrogens is 691 g/mol. The molecular formula is C50H31N3OS. The van der Waals surface area contributed by atoms with Crippen molar-refractivity contribution in [3.05, 3.63) is 169 Å². The lowest BCUT2D eigenvalue weighted by molar-refractivity contribution is 0.666. The van der Waals surface area contributed by atoms with Crippen LogP contribution in [0.5, 0.6) is 0 Å². The number of hydrogen-bond acceptors (Lipinski definition) is 4. The average Bonchev–Trinajstić information content (AvgIpc) is 3.92. The molecule has 0 N–H and O–H groups in total. The summed E-state index contributed by atoms with van der Waals surface area (Å²) in [6, 6.07) is 52.1. The standard InChI is InChI=1S/C50H31N3OS/c1-2-12-30(13-3-1)31-16-10-17-34(26-31)46-49-47(39-19-7-9-23-45(39)55-49)52-50(51-46)35-24-25-37-38-20-11-22-42(48(38)54-44(37)29-35)53-41-21-8-6-18-36(41)40-27-32-14-4-5-15-33(32)28-43(40)53/h2,4-29H,1,3H2. The van der Waals surface area contributed by atoms with Crippen LogP contribution in [0.4, 0.5) is 0 Å². The molecule has 11 aromatic rings. The smallest absolute Gasteiger partial charge is 0.160 e. The SMILES string of the molecule is C1=CC(c2cccc(-c3nc(-c4ccc5c(c4)oc4c(-n6c7ccccc7c7cc8ccccc8cc76)cccc45)nc4c3sc3ccccc34)c2)=CCC1. The Hall–Kier alpha value is -6.82. The zero-order chi connectivity index (χ0) is 36.0. The highest BCUT2D eigenvalue weighted by Crippen LogP contribution is 2.42. The van der Waals surface area contributed by atoms with Gasteiger partial charge in [0.2, 0.25) is 0 Å². The number of para-hydroxylation sites is 2. The summed E-state index contributed by atoms with van der Waals surface area (Å²) >= 11 is 1.76. The van der Waals surface area contributed by atoms with Gasteiger partial charge in [0.1, 0.15) is 5.58 Å². The molecule has 5 heteroatoms. The minimum Gasteiger partial charge on any atom is -0.454 e. The molecule has 0 radical (unpaired) electrons. The molecule has 0 saturated heterocycles. The van der Waals surface area contributed by atoms with Gasteiger partial charge in [-0.25, -0.2) is 9.97 Å². The highest BCUT2D eigenvalue weighted by atomic mass is 32.1. The van der Waals surface area contributed by atoms with E-state index in [0.29, 0.717) is 5.82 Å². The Morgan fingerprint density at radius 2 is 1.36 bits per heavy atom. The van der Waals surface area contributed by atoms with Crippen LogP contribution in [-0.2, 0) is 0 Å². The summed E-state index contributed by atoms with van der Waals surface area (Å²) in [5.74, 6) is 0.685. The van der Waals surface area contributed by atoms with Gasteiger partial charge in [0, 0.05) is 42.8 Å². The number of rotatable bonds is 4. The maximum absolute atomic E-state index is 6.91. The Balaban J connectivity index is 1.06. The molecule has 0 saturated carbocycles. The molecule has 1 aliphatic rings. The Morgan fingerprint density at radius 1 is 0.564 bits per heavy atom. The van der Waals surface area contributed by atoms with Crippen molar-refractivity contribution in [3.8, 4) is 28.3 Å². The normalized spacial score (nSPS) is 13.3. The number of fused-ring (bicyclic) bond motifs is 10. The fraction of sp³-hybridized carbons (Fsp3) is 0.0400. The van der Waals surface area contributed by atoms with Crippen LogP contribution in [-0.4, -0.2) is 14.5 Å². The van der Waals surface area contributed by atoms with Gasteiger partial charge in [-0.2, -0.15) is 0 Å². The molecule has 0 spiro atoms. The quantitative estimate of drug-likeness (QED) is 0.182. The van der Waals surface area contributed by atoms with Crippen LogP contribution in [0.3, 0.4) is 0 Å². The molecule has 55 heavy (non-hydrogen) atoms. The fourth-order valence-corrected chi connectivity index (χ4v) is 9.76. The van der Waals surface area contributed by atoms with Crippen molar-refractivity contribution < 1.29 is 4.42 Å². The van der Waals surface area contributed by atoms with E-state index in [0.717, 1.165) is 83.9 Å². The second-order valence-corrected chi connectivity index (χ2v) is 15.5. The Morgan fingerprint density at radius 3 is 2.27 bits per heavy atom. The average molecular weight is 722 g/mol. The van der Waals surface area contributed by atoms with Crippen LogP contribution in [0.2, 0.25) is 0 Å². The van der Waals surface area contributed by atoms with Gasteiger partial charge in [0.05, 0.1) is 32.6 Å². The van der Waals surface area contributed by atoms with Gasteiger partial charge in [-0.15, -0.1) is 11.3 Å². The van der Waals surface area contributed by atoms with Crippen molar-refractivity contribution in [1.29, 1.82) is 0 Å². The van der Waals surface area contributed by atoms with Crippen LogP contribution in [0.1, 0.15) is 18.4 Å². The number of allylic oxidation sites excluding steroid dienone is 4. The van der Waals surface area contributed by atoms with Crippen LogP contribution in [0, 0.1) is 0 Å². The number of aromatic nitrogens is 3. The molecule has 4 nitrogen and oxygen atoms in total. The Bertz CT molecular complexity index is 3450. The van der Waals surface area contributed by atoms with E-state index in [9.17, 15) is 0 Å². The van der Waals surface area contributed by atoms with E-state index in [1.54, 1.807) is 11.3 Å². The molecule has 0 bridgehead atoms. The number of furan rings is 1. The van der Waals surface area contributed by atoms with Gasteiger partial charge in [-0.3, -0.25) is 0 Å². The van der Waals surface area contributed by atoms with Gasteiger partial charge in [0.25, 0.3) is 0 Å². The first-order valence-corrected chi connectivity index (χ1v) is 19.6. The van der Waals surface area contributed by atoms with Gasteiger partial charge in [-0.05, 0) is 83.3 Å². The van der Waals surface area contributed by atoms with Gasteiger partial charge in [-0.1, -0.05) is 115 Å². The second kappa shape index (κ2) is 11.8. The molecule has 4 aromatic heterocycles. The van der Waals surface area contributed by atoms with E-state index in [-0.39, 0.29) is 0 Å². The first kappa shape index (κ1) is 30.6. The van der Waals surface area contributed by atoms with Crippen LogP contribution < -0.4 is 0 Å². The summed E-state index contributed by atoms with van der Waals surface area (Å²) in [5, 5.41) is 8.19. The largest absolute Gasteiger partial charge is 0.454 e. The first-order chi connectivity index (χ1) is 27.2. The predicted octanol–water partition coefficient (Wildman–Crippen LogP) is 14.1. The summed E-state index contributed by atoms with van der Waals surface area (Å²) in [6.07, 6.45) is 8.99. The van der Waals surface area contributed by atoms with Crippen LogP contribution in [0.15, 0.2) is 168 Å². The number of hydrogen-bond donors (Lipinski definition) is 0. The Labute approximate surface area is 319 Å². The van der Waals surface area contributed by atoms with Crippen molar-refractivity contribution in [2.75, 3.05) is 0 Å². The van der Waals surface area contributed by atoms with E-state index >= 15 is 0 Å². The monoisotopic (exact) mass is 721 g/mol. The minimum absolute atomic E-state index is 0.685. The third-order valence-electron chi connectivity index (χ3n) is 11.2. The summed E-state index contributed by atoms with van der Waals surface area (Å²) in [5.41, 5.74) is 11.4. The van der Waals surface area contributed by atoms with E-state index in [1.807, 2.05) is 0 Å². The van der Waals surface area contributed by atoms with Crippen molar-refractivity contribution in [2.24, 2.45) is 0 Å². The molecule has 0 amide bonds. The molecule has 0 fully saturated rings. The highest BCUT2D eigenvalue weighted by molar-refractivity contribution is 7.26. The van der Waals surface area contributed by atoms with Gasteiger partial charge in [0.15, 0.2) is 11.4 Å². The summed E-state index contributed by atoms with van der Waals surface area (Å²) in [7, 11) is 0. The van der Waals surface area contributed by atoms with Crippen LogP contribution in [0.25, 0.3) is 109 Å². The summed E-state index contributed by atoms with van der Waals surface area (Å²) < 4.78 is 11.6. The zero-order valence-electron chi connectivity index (χ0n) is 29.7. The lowest BCUT2D eigenvalue weighted by atomic mass is 9.97. The minimum atomic E-state index is 0.685. The zero-order valence-corrected chi connectivity index (χ0v) is 30.5. The topological polar surface area (TPSA) is 43.9 Å². The van der Waals surface area contributed by atoms with E-state index in [1.165, 1.54) is 37.4 Å². The molecule has 0 aliphatic heterocycles. The lowest BCUT2D eigenvalue weighted by Crippen LogP contribution is -1.94. The van der Waals surface area contributed by atoms with Crippen LogP contribution >= 0.6 is 11.3 Å². The number of thiophene rings is 1. The van der Waals surface area contributed by atoms with E-state index < -0.39 is 0 Å². The summed E-state index contributed by atoms with van der Waals surface area (Å²) in [4.78, 5) is 10.6. The lowest BCUT2D eigenvalue weighted by Gasteiger charge is -2.11. The number of nitrogens with zero attached hydrogens (tertiary/aromatic N) is 3. The molecule has 12 rings (SSSR count). The summed E-state index contributed by atoms with van der Waals surface area (Å²) in [6.45, 7) is 0. The maximum atomic E-state index is 6.91. The molecule has 0 unspecified atom stereocenters. The maximum Gasteiger partial charge on any atom is 0.160 e. The molecule has 4 heterocycles. The third-order valence-corrected chi connectivity index (χ3v) is 12.4. The first-order valence-electron chi connectivity index (χ1n) is 18.8. The van der Waals surface area contributed by atoms with E-state index in [2.05, 4.69) is 168 Å². The number of benzene rings is 7. The fourth-order valence-electron chi connectivity index (χ4n) is 8.60. The molecule has 1 aliphatic carbocycles.